The van der Waals surface area contributed by atoms with Crippen molar-refractivity contribution in [3.05, 3.63) is 18.1 Å². The van der Waals surface area contributed by atoms with Gasteiger partial charge in [-0.3, -0.25) is 0 Å². The van der Waals surface area contributed by atoms with Crippen LogP contribution in [0.2, 0.25) is 0 Å². The highest BCUT2D eigenvalue weighted by molar-refractivity contribution is 5.34. The second-order valence-electron chi connectivity index (χ2n) is 4.72. The molecule has 90 valence electrons. The first kappa shape index (κ1) is 11.8. The summed E-state index contributed by atoms with van der Waals surface area (Å²) in [6, 6.07) is 1.96. The predicted octanol–water partition coefficient (Wildman–Crippen LogP) is 1.24. The van der Waals surface area contributed by atoms with Crippen LogP contribution in [-0.4, -0.2) is 41.0 Å². The molecule has 0 aromatic carbocycles. The van der Waals surface area contributed by atoms with E-state index in [1.165, 1.54) is 25.5 Å². The summed E-state index contributed by atoms with van der Waals surface area (Å²) in [5.74, 6) is 0.733. The lowest BCUT2D eigenvalue weighted by Gasteiger charge is -2.47. The Hall–Kier alpha value is -1.67. The van der Waals surface area contributed by atoms with Crippen LogP contribution in [0.15, 0.2) is 12.4 Å². The molecule has 0 bridgehead atoms. The summed E-state index contributed by atoms with van der Waals surface area (Å²) < 4.78 is 0. The summed E-state index contributed by atoms with van der Waals surface area (Å²) >= 11 is 0. The zero-order valence-electron chi connectivity index (χ0n) is 10.3. The van der Waals surface area contributed by atoms with Crippen LogP contribution in [-0.2, 0) is 0 Å². The molecule has 1 heterocycles. The van der Waals surface area contributed by atoms with Gasteiger partial charge in [-0.15, -0.1) is 0 Å². The van der Waals surface area contributed by atoms with Crippen molar-refractivity contribution in [3.63, 3.8) is 0 Å². The smallest absolute Gasteiger partial charge is 0.158 e. The summed E-state index contributed by atoms with van der Waals surface area (Å²) in [5.41, 5.74) is 0.608. The molecular weight excluding hydrogens is 214 g/mol. The van der Waals surface area contributed by atoms with E-state index in [0.29, 0.717) is 5.69 Å². The molecule has 0 unspecified atom stereocenters. The van der Waals surface area contributed by atoms with Crippen LogP contribution in [0.3, 0.4) is 0 Å². The van der Waals surface area contributed by atoms with Gasteiger partial charge < -0.3 is 10.2 Å². The number of likely N-dealkylation sites (N-methyl/N-ethyl adjacent to an activating group) is 1. The largest absolute Gasteiger partial charge is 0.367 e. The molecule has 5 heteroatoms. The Morgan fingerprint density at radius 3 is 2.59 bits per heavy atom. The van der Waals surface area contributed by atoms with Crippen molar-refractivity contribution >= 4 is 5.82 Å². The molecule has 0 atom stereocenters. The molecule has 1 saturated carbocycles. The van der Waals surface area contributed by atoms with Crippen LogP contribution in [0.5, 0.6) is 0 Å². The Kier molecular flexibility index (Phi) is 3.25. The number of anilines is 1. The average molecular weight is 231 g/mol. The third-order valence-corrected chi connectivity index (χ3v) is 3.60. The van der Waals surface area contributed by atoms with Gasteiger partial charge in [-0.1, -0.05) is 0 Å². The number of hydrogen-bond acceptors (Lipinski definition) is 5. The summed E-state index contributed by atoms with van der Waals surface area (Å²) in [6.45, 7) is 0.876. The molecule has 1 aromatic rings. The minimum absolute atomic E-state index is 0.260. The van der Waals surface area contributed by atoms with E-state index in [1.807, 2.05) is 6.07 Å². The van der Waals surface area contributed by atoms with Gasteiger partial charge in [0.2, 0.25) is 0 Å². The molecule has 1 aliphatic rings. The first-order chi connectivity index (χ1) is 8.16. The number of nitriles is 1. The molecule has 0 amide bonds. The van der Waals surface area contributed by atoms with Gasteiger partial charge in [-0.05, 0) is 33.4 Å². The van der Waals surface area contributed by atoms with E-state index in [0.717, 1.165) is 12.4 Å². The van der Waals surface area contributed by atoms with E-state index in [-0.39, 0.29) is 5.54 Å². The molecule has 17 heavy (non-hydrogen) atoms. The van der Waals surface area contributed by atoms with E-state index < -0.39 is 0 Å². The highest BCUT2D eigenvalue weighted by Crippen LogP contribution is 2.35. The molecular formula is C12H17N5. The SMILES string of the molecule is CN(C)C1(CNc2cnc(C#N)cn2)CCC1. The van der Waals surface area contributed by atoms with Gasteiger partial charge >= 0.3 is 0 Å². The molecule has 1 fully saturated rings. The van der Waals surface area contributed by atoms with Crippen molar-refractivity contribution in [2.75, 3.05) is 26.0 Å². The summed E-state index contributed by atoms with van der Waals surface area (Å²) in [6.07, 6.45) is 6.83. The molecule has 2 rings (SSSR count). The number of rotatable bonds is 4. The van der Waals surface area contributed by atoms with Crippen molar-refractivity contribution in [1.82, 2.24) is 14.9 Å². The highest BCUT2D eigenvalue weighted by Gasteiger charge is 2.38. The lowest BCUT2D eigenvalue weighted by atomic mass is 9.75. The Labute approximate surface area is 101 Å². The fourth-order valence-electron chi connectivity index (χ4n) is 2.10. The highest BCUT2D eigenvalue weighted by atomic mass is 15.2. The lowest BCUT2D eigenvalue weighted by Crippen LogP contribution is -2.54. The molecule has 1 aliphatic carbocycles. The third kappa shape index (κ3) is 2.37. The summed E-state index contributed by atoms with van der Waals surface area (Å²) in [7, 11) is 4.23. The number of aromatic nitrogens is 2. The standard InChI is InChI=1S/C12H17N5/c1-17(2)12(4-3-5-12)9-16-11-8-14-10(6-13)7-15-11/h7-8H,3-5,9H2,1-2H3,(H,15,16). The van der Waals surface area contributed by atoms with Crippen molar-refractivity contribution in [2.24, 2.45) is 0 Å². The van der Waals surface area contributed by atoms with Crippen molar-refractivity contribution in [1.29, 1.82) is 5.26 Å². The first-order valence-corrected chi connectivity index (χ1v) is 5.80. The minimum atomic E-state index is 0.260. The number of nitrogens with one attached hydrogen (secondary N) is 1. The van der Waals surface area contributed by atoms with Gasteiger partial charge in [-0.25, -0.2) is 9.97 Å². The first-order valence-electron chi connectivity index (χ1n) is 5.80. The monoisotopic (exact) mass is 231 g/mol. The Bertz CT molecular complexity index is 414. The zero-order chi connectivity index (χ0) is 12.3. The van der Waals surface area contributed by atoms with Crippen LogP contribution in [0.1, 0.15) is 25.0 Å². The fourth-order valence-corrected chi connectivity index (χ4v) is 2.10. The van der Waals surface area contributed by atoms with Gasteiger partial charge in [0.05, 0.1) is 12.4 Å². The van der Waals surface area contributed by atoms with Crippen LogP contribution >= 0.6 is 0 Å². The van der Waals surface area contributed by atoms with Gasteiger partial charge in [0.15, 0.2) is 5.69 Å². The van der Waals surface area contributed by atoms with Gasteiger partial charge in [-0.2, -0.15) is 5.26 Å². The van der Waals surface area contributed by atoms with Crippen LogP contribution in [0, 0.1) is 11.3 Å². The maximum absolute atomic E-state index is 8.63. The molecule has 0 spiro atoms. The van der Waals surface area contributed by atoms with Gasteiger partial charge in [0, 0.05) is 12.1 Å². The molecule has 5 nitrogen and oxygen atoms in total. The second-order valence-corrected chi connectivity index (χ2v) is 4.72. The quantitative estimate of drug-likeness (QED) is 0.844. The van der Waals surface area contributed by atoms with E-state index in [9.17, 15) is 0 Å². The maximum Gasteiger partial charge on any atom is 0.158 e. The predicted molar refractivity (Wildman–Crippen MR) is 65.5 cm³/mol. The van der Waals surface area contributed by atoms with Gasteiger partial charge in [0.1, 0.15) is 11.9 Å². The second kappa shape index (κ2) is 4.68. The Balaban J connectivity index is 1.95. The molecule has 0 radical (unpaired) electrons. The van der Waals surface area contributed by atoms with E-state index >= 15 is 0 Å². The Morgan fingerprint density at radius 1 is 1.41 bits per heavy atom. The van der Waals surface area contributed by atoms with Crippen molar-refractivity contribution in [2.45, 2.75) is 24.8 Å². The summed E-state index contributed by atoms with van der Waals surface area (Å²) in [4.78, 5) is 10.4. The molecule has 0 aliphatic heterocycles. The fraction of sp³-hybridized carbons (Fsp3) is 0.583. The molecule has 1 N–H and O–H groups in total. The van der Waals surface area contributed by atoms with E-state index in [4.69, 9.17) is 5.26 Å². The van der Waals surface area contributed by atoms with Crippen LogP contribution in [0.25, 0.3) is 0 Å². The average Bonchev–Trinajstić information content (AvgIpc) is 2.28. The van der Waals surface area contributed by atoms with Crippen LogP contribution in [0.4, 0.5) is 5.82 Å². The normalized spacial score (nSPS) is 17.3. The number of nitrogens with zero attached hydrogens (tertiary/aromatic N) is 4. The van der Waals surface area contributed by atoms with Gasteiger partial charge in [0.25, 0.3) is 0 Å². The van der Waals surface area contributed by atoms with E-state index in [1.54, 1.807) is 6.20 Å². The van der Waals surface area contributed by atoms with Crippen molar-refractivity contribution in [3.8, 4) is 6.07 Å². The number of hydrogen-bond donors (Lipinski definition) is 1. The minimum Gasteiger partial charge on any atom is -0.367 e. The van der Waals surface area contributed by atoms with E-state index in [2.05, 4.69) is 34.3 Å². The summed E-state index contributed by atoms with van der Waals surface area (Å²) in [5, 5.41) is 11.9. The zero-order valence-corrected chi connectivity index (χ0v) is 10.3. The lowest BCUT2D eigenvalue weighted by molar-refractivity contribution is 0.0738. The third-order valence-electron chi connectivity index (χ3n) is 3.60. The topological polar surface area (TPSA) is 64.8 Å². The molecule has 0 saturated heterocycles. The Morgan fingerprint density at radius 2 is 2.18 bits per heavy atom. The molecule has 1 aromatic heterocycles. The maximum atomic E-state index is 8.63. The van der Waals surface area contributed by atoms with Crippen LogP contribution < -0.4 is 5.32 Å². The van der Waals surface area contributed by atoms with Crippen molar-refractivity contribution < 1.29 is 0 Å².